The van der Waals surface area contributed by atoms with Gasteiger partial charge in [-0.15, -0.1) is 0 Å². The molecule has 0 aromatic heterocycles. The SMILES string of the molecule is COc1ccc(S(C)(=O)=O)cc1N=C=O. The van der Waals surface area contributed by atoms with E-state index in [2.05, 4.69) is 4.99 Å². The third kappa shape index (κ3) is 2.65. The Bertz CT molecular complexity index is 515. The molecule has 0 saturated carbocycles. The standard InChI is InChI=1S/C9H9NO4S/c1-14-9-4-3-7(15(2,12)13)5-8(9)10-6-11/h3-5H,1-2H3. The van der Waals surface area contributed by atoms with Gasteiger partial charge < -0.3 is 4.74 Å². The zero-order valence-corrected chi connectivity index (χ0v) is 9.04. The molecule has 0 aliphatic heterocycles. The number of hydrogen-bond donors (Lipinski definition) is 0. The molecule has 0 saturated heterocycles. The number of ether oxygens (including phenoxy) is 1. The quantitative estimate of drug-likeness (QED) is 0.571. The molecule has 6 heteroatoms. The summed E-state index contributed by atoms with van der Waals surface area (Å²) < 4.78 is 27.3. The molecule has 0 N–H and O–H groups in total. The maximum atomic E-state index is 11.2. The van der Waals surface area contributed by atoms with Crippen LogP contribution in [0.5, 0.6) is 5.75 Å². The Hall–Kier alpha value is -1.65. The first kappa shape index (κ1) is 11.4. The molecular weight excluding hydrogens is 218 g/mol. The summed E-state index contributed by atoms with van der Waals surface area (Å²) in [6.45, 7) is 0. The van der Waals surface area contributed by atoms with Crippen molar-refractivity contribution < 1.29 is 17.9 Å². The molecule has 5 nitrogen and oxygen atoms in total. The third-order valence-electron chi connectivity index (χ3n) is 1.74. The second-order valence-corrected chi connectivity index (χ2v) is 4.82. The van der Waals surface area contributed by atoms with Gasteiger partial charge in [0.05, 0.1) is 12.0 Å². The molecule has 0 spiro atoms. The number of carbonyl (C=O) groups excluding carboxylic acids is 1. The van der Waals surface area contributed by atoms with Crippen molar-refractivity contribution in [1.82, 2.24) is 0 Å². The van der Waals surface area contributed by atoms with E-state index in [1.165, 1.54) is 31.4 Å². The van der Waals surface area contributed by atoms with Crippen LogP contribution < -0.4 is 4.74 Å². The molecule has 0 bridgehead atoms. The molecule has 1 rings (SSSR count). The van der Waals surface area contributed by atoms with Crippen molar-refractivity contribution >= 4 is 21.6 Å². The van der Waals surface area contributed by atoms with Crippen molar-refractivity contribution in [2.45, 2.75) is 4.90 Å². The molecule has 0 fully saturated rings. The van der Waals surface area contributed by atoms with Gasteiger partial charge in [0, 0.05) is 6.26 Å². The summed E-state index contributed by atoms with van der Waals surface area (Å²) in [5.41, 5.74) is 0.149. The van der Waals surface area contributed by atoms with Gasteiger partial charge in [0.25, 0.3) is 0 Å². The maximum absolute atomic E-state index is 11.2. The summed E-state index contributed by atoms with van der Waals surface area (Å²) in [5, 5.41) is 0. The van der Waals surface area contributed by atoms with Crippen LogP contribution in [0.15, 0.2) is 28.1 Å². The van der Waals surface area contributed by atoms with Crippen LogP contribution in [0, 0.1) is 0 Å². The van der Waals surface area contributed by atoms with Gasteiger partial charge in [0.1, 0.15) is 11.4 Å². The fourth-order valence-corrected chi connectivity index (χ4v) is 1.68. The fraction of sp³-hybridized carbons (Fsp3) is 0.222. The highest BCUT2D eigenvalue weighted by molar-refractivity contribution is 7.90. The molecule has 0 atom stereocenters. The molecule has 80 valence electrons. The first-order chi connectivity index (χ1) is 6.99. The summed E-state index contributed by atoms with van der Waals surface area (Å²) in [6.07, 6.45) is 2.41. The van der Waals surface area contributed by atoms with Crippen molar-refractivity contribution in [1.29, 1.82) is 0 Å². The minimum Gasteiger partial charge on any atom is -0.494 e. The lowest BCUT2D eigenvalue weighted by Crippen LogP contribution is -1.96. The lowest BCUT2D eigenvalue weighted by Gasteiger charge is -2.04. The highest BCUT2D eigenvalue weighted by atomic mass is 32.2. The van der Waals surface area contributed by atoms with Crippen LogP contribution in [0.1, 0.15) is 0 Å². The number of methoxy groups -OCH3 is 1. The smallest absolute Gasteiger partial charge is 0.240 e. The lowest BCUT2D eigenvalue weighted by molar-refractivity contribution is 0.415. The van der Waals surface area contributed by atoms with Crippen LogP contribution in [0.4, 0.5) is 5.69 Å². The number of hydrogen-bond acceptors (Lipinski definition) is 5. The molecule has 15 heavy (non-hydrogen) atoms. The van der Waals surface area contributed by atoms with E-state index in [4.69, 9.17) is 4.74 Å². The van der Waals surface area contributed by atoms with Gasteiger partial charge in [0.15, 0.2) is 9.84 Å². The van der Waals surface area contributed by atoms with Gasteiger partial charge in [0.2, 0.25) is 6.08 Å². The number of benzene rings is 1. The highest BCUT2D eigenvalue weighted by Gasteiger charge is 2.10. The van der Waals surface area contributed by atoms with Crippen molar-refractivity contribution in [2.75, 3.05) is 13.4 Å². The molecule has 1 aromatic carbocycles. The van der Waals surface area contributed by atoms with E-state index >= 15 is 0 Å². The monoisotopic (exact) mass is 227 g/mol. The van der Waals surface area contributed by atoms with E-state index in [0.29, 0.717) is 5.75 Å². The number of rotatable bonds is 3. The second-order valence-electron chi connectivity index (χ2n) is 2.81. The molecular formula is C9H9NO4S. The minimum absolute atomic E-state index is 0.0808. The number of aliphatic imine (C=N–C) groups is 1. The van der Waals surface area contributed by atoms with Gasteiger partial charge in [-0.25, -0.2) is 13.2 Å². The third-order valence-corrected chi connectivity index (χ3v) is 2.85. The van der Waals surface area contributed by atoms with E-state index in [0.717, 1.165) is 6.26 Å². The van der Waals surface area contributed by atoms with Gasteiger partial charge in [-0.2, -0.15) is 4.99 Å². The highest BCUT2D eigenvalue weighted by Crippen LogP contribution is 2.29. The van der Waals surface area contributed by atoms with E-state index in [-0.39, 0.29) is 10.6 Å². The number of isocyanates is 1. The van der Waals surface area contributed by atoms with E-state index in [9.17, 15) is 13.2 Å². The zero-order chi connectivity index (χ0) is 11.5. The molecule has 0 amide bonds. The average Bonchev–Trinajstić information content (AvgIpc) is 2.17. The molecule has 0 radical (unpaired) electrons. The van der Waals surface area contributed by atoms with Gasteiger partial charge in [-0.1, -0.05) is 0 Å². The largest absolute Gasteiger partial charge is 0.494 e. The Labute approximate surface area is 87.3 Å². The predicted molar refractivity (Wildman–Crippen MR) is 53.9 cm³/mol. The molecule has 1 aromatic rings. The zero-order valence-electron chi connectivity index (χ0n) is 8.22. The molecule has 0 aliphatic carbocycles. The number of sulfone groups is 1. The molecule has 0 unspecified atom stereocenters. The van der Waals surface area contributed by atoms with Crippen molar-refractivity contribution in [2.24, 2.45) is 4.99 Å². The molecule has 0 heterocycles. The Balaban J connectivity index is 3.41. The van der Waals surface area contributed by atoms with E-state index in [1.807, 2.05) is 0 Å². The minimum atomic E-state index is -3.31. The Morgan fingerprint density at radius 2 is 2.07 bits per heavy atom. The Kier molecular flexibility index (Phi) is 3.24. The summed E-state index contributed by atoms with van der Waals surface area (Å²) in [4.78, 5) is 13.5. The fourth-order valence-electron chi connectivity index (χ4n) is 1.04. The van der Waals surface area contributed by atoms with E-state index in [1.54, 1.807) is 0 Å². The second kappa shape index (κ2) is 4.25. The van der Waals surface area contributed by atoms with Gasteiger partial charge in [-0.3, -0.25) is 0 Å². The lowest BCUT2D eigenvalue weighted by atomic mass is 10.3. The average molecular weight is 227 g/mol. The van der Waals surface area contributed by atoms with E-state index < -0.39 is 9.84 Å². The van der Waals surface area contributed by atoms with Crippen molar-refractivity contribution in [3.05, 3.63) is 18.2 Å². The first-order valence-electron chi connectivity index (χ1n) is 3.95. The Morgan fingerprint density at radius 1 is 1.40 bits per heavy atom. The first-order valence-corrected chi connectivity index (χ1v) is 5.84. The summed E-state index contributed by atoms with van der Waals surface area (Å²) in [7, 11) is -1.91. The summed E-state index contributed by atoms with van der Waals surface area (Å²) in [5.74, 6) is 0.325. The van der Waals surface area contributed by atoms with Crippen LogP contribution >= 0.6 is 0 Å². The van der Waals surface area contributed by atoms with Crippen LogP contribution in [-0.4, -0.2) is 27.9 Å². The van der Waals surface area contributed by atoms with Crippen LogP contribution in [0.2, 0.25) is 0 Å². The van der Waals surface area contributed by atoms with Gasteiger partial charge in [-0.05, 0) is 18.2 Å². The molecule has 0 aliphatic rings. The van der Waals surface area contributed by atoms with Gasteiger partial charge >= 0.3 is 0 Å². The maximum Gasteiger partial charge on any atom is 0.240 e. The summed E-state index contributed by atoms with van der Waals surface area (Å²) in [6, 6.07) is 4.09. The summed E-state index contributed by atoms with van der Waals surface area (Å²) >= 11 is 0. The topological polar surface area (TPSA) is 72.8 Å². The Morgan fingerprint density at radius 3 is 2.53 bits per heavy atom. The van der Waals surface area contributed by atoms with Crippen LogP contribution in [0.3, 0.4) is 0 Å². The van der Waals surface area contributed by atoms with Crippen molar-refractivity contribution in [3.8, 4) is 5.75 Å². The number of nitrogens with zero attached hydrogens (tertiary/aromatic N) is 1. The normalized spacial score (nSPS) is 10.5. The van der Waals surface area contributed by atoms with Crippen molar-refractivity contribution in [3.63, 3.8) is 0 Å². The van der Waals surface area contributed by atoms with Crippen LogP contribution in [-0.2, 0) is 14.6 Å². The predicted octanol–water partition coefficient (Wildman–Crippen LogP) is 1.07. The van der Waals surface area contributed by atoms with Crippen LogP contribution in [0.25, 0.3) is 0 Å².